The average Bonchev–Trinajstić information content (AvgIpc) is 2.19. The molecule has 0 heterocycles. The quantitative estimate of drug-likeness (QED) is 0.355. The highest BCUT2D eigenvalue weighted by Crippen LogP contribution is 2.11. The fraction of sp³-hybridized carbons (Fsp3) is 0.125. The average molecular weight is 212 g/mol. The Morgan fingerprint density at radius 2 is 1.80 bits per heavy atom. The second-order valence-electron chi connectivity index (χ2n) is 2.46. The van der Waals surface area contributed by atoms with Gasteiger partial charge in [-0.3, -0.25) is 10.1 Å². The standard InChI is InChI=1S/C6H6N2O2.C2H6N2O/c7-5-1-3-6(4-2-5)8(9)10;1-4-2(3)5/h1-4H,7H2;1H3,(H3,3,4,5). The van der Waals surface area contributed by atoms with E-state index < -0.39 is 11.0 Å². The lowest BCUT2D eigenvalue weighted by Gasteiger charge is -1.90. The third-order valence-corrected chi connectivity index (χ3v) is 1.35. The zero-order valence-corrected chi connectivity index (χ0v) is 8.14. The van der Waals surface area contributed by atoms with Crippen LogP contribution in [0.1, 0.15) is 0 Å². The highest BCUT2D eigenvalue weighted by molar-refractivity contribution is 5.71. The molecule has 0 aliphatic carbocycles. The van der Waals surface area contributed by atoms with Gasteiger partial charge in [0.15, 0.2) is 0 Å². The molecule has 7 nitrogen and oxygen atoms in total. The minimum Gasteiger partial charge on any atom is -0.399 e. The molecule has 1 aromatic carbocycles. The van der Waals surface area contributed by atoms with E-state index >= 15 is 0 Å². The van der Waals surface area contributed by atoms with Crippen molar-refractivity contribution in [1.82, 2.24) is 5.32 Å². The minimum absolute atomic E-state index is 0.0641. The van der Waals surface area contributed by atoms with Crippen LogP contribution in [0.3, 0.4) is 0 Å². The van der Waals surface area contributed by atoms with Crippen LogP contribution in [0.2, 0.25) is 0 Å². The normalized spacial score (nSPS) is 8.33. The van der Waals surface area contributed by atoms with Crippen LogP contribution in [0.25, 0.3) is 0 Å². The van der Waals surface area contributed by atoms with Crippen LogP contribution >= 0.6 is 0 Å². The zero-order valence-electron chi connectivity index (χ0n) is 8.14. The van der Waals surface area contributed by atoms with Gasteiger partial charge < -0.3 is 16.8 Å². The first-order valence-electron chi connectivity index (χ1n) is 3.94. The summed E-state index contributed by atoms with van der Waals surface area (Å²) in [5.74, 6) is 0. The molecule has 0 aromatic heterocycles. The number of anilines is 1. The largest absolute Gasteiger partial charge is 0.399 e. The van der Waals surface area contributed by atoms with Gasteiger partial charge in [-0.25, -0.2) is 4.79 Å². The molecule has 0 atom stereocenters. The van der Waals surface area contributed by atoms with E-state index in [4.69, 9.17) is 5.73 Å². The van der Waals surface area contributed by atoms with Gasteiger partial charge in [0.1, 0.15) is 0 Å². The zero-order chi connectivity index (χ0) is 11.8. The summed E-state index contributed by atoms with van der Waals surface area (Å²) < 4.78 is 0. The lowest BCUT2D eigenvalue weighted by molar-refractivity contribution is -0.384. The third-order valence-electron chi connectivity index (χ3n) is 1.35. The monoisotopic (exact) mass is 212 g/mol. The smallest absolute Gasteiger partial charge is 0.311 e. The van der Waals surface area contributed by atoms with Gasteiger partial charge in [-0.15, -0.1) is 0 Å². The second-order valence-corrected chi connectivity index (χ2v) is 2.46. The van der Waals surface area contributed by atoms with Crippen LogP contribution in [0.5, 0.6) is 0 Å². The van der Waals surface area contributed by atoms with Crippen molar-refractivity contribution in [3.63, 3.8) is 0 Å². The first-order valence-corrected chi connectivity index (χ1v) is 3.94. The van der Waals surface area contributed by atoms with E-state index in [2.05, 4.69) is 11.1 Å². The van der Waals surface area contributed by atoms with E-state index in [1.807, 2.05) is 0 Å². The Balaban J connectivity index is 0.000000336. The molecule has 5 N–H and O–H groups in total. The Hall–Kier alpha value is -2.31. The predicted octanol–water partition coefficient (Wildman–Crippen LogP) is 0.461. The molecule has 82 valence electrons. The molecule has 0 aliphatic heterocycles. The van der Waals surface area contributed by atoms with E-state index in [9.17, 15) is 14.9 Å². The number of hydrogen-bond acceptors (Lipinski definition) is 4. The summed E-state index contributed by atoms with van der Waals surface area (Å²) in [4.78, 5) is 19.1. The highest BCUT2D eigenvalue weighted by Gasteiger charge is 2.00. The Morgan fingerprint density at radius 3 is 2.07 bits per heavy atom. The van der Waals surface area contributed by atoms with Crippen LogP contribution < -0.4 is 16.8 Å². The second kappa shape index (κ2) is 6.19. The molecule has 0 saturated carbocycles. The van der Waals surface area contributed by atoms with Crippen molar-refractivity contribution < 1.29 is 9.72 Å². The molecule has 0 aliphatic rings. The summed E-state index contributed by atoms with van der Waals surface area (Å²) in [6, 6.07) is 5.24. The summed E-state index contributed by atoms with van der Waals surface area (Å²) in [5, 5.41) is 12.2. The number of rotatable bonds is 1. The van der Waals surface area contributed by atoms with E-state index in [-0.39, 0.29) is 5.69 Å². The number of nitrogens with two attached hydrogens (primary N) is 2. The summed E-state index contributed by atoms with van der Waals surface area (Å²) in [7, 11) is 1.47. The van der Waals surface area contributed by atoms with Crippen LogP contribution in [0.15, 0.2) is 24.3 Å². The number of nitrogens with one attached hydrogen (secondary N) is 1. The van der Waals surface area contributed by atoms with Crippen molar-refractivity contribution in [1.29, 1.82) is 0 Å². The Morgan fingerprint density at radius 1 is 1.40 bits per heavy atom. The fourth-order valence-corrected chi connectivity index (χ4v) is 0.596. The van der Waals surface area contributed by atoms with Crippen molar-refractivity contribution in [3.05, 3.63) is 34.4 Å². The molecule has 0 spiro atoms. The number of carbonyl (C=O) groups is 1. The minimum atomic E-state index is -0.495. The molecule has 15 heavy (non-hydrogen) atoms. The number of non-ortho nitro benzene ring substituents is 1. The van der Waals surface area contributed by atoms with Gasteiger partial charge in [0.05, 0.1) is 4.92 Å². The molecule has 0 radical (unpaired) electrons. The predicted molar refractivity (Wildman–Crippen MR) is 56.2 cm³/mol. The number of benzene rings is 1. The highest BCUT2D eigenvalue weighted by atomic mass is 16.6. The van der Waals surface area contributed by atoms with Crippen LogP contribution in [0, 0.1) is 10.1 Å². The molecule has 1 rings (SSSR count). The number of nitro benzene ring substituents is 1. The first kappa shape index (κ1) is 12.7. The summed E-state index contributed by atoms with van der Waals surface area (Å²) in [6.07, 6.45) is 0. The number of primary amides is 1. The number of nitro groups is 1. The maximum Gasteiger partial charge on any atom is 0.311 e. The molecule has 0 bridgehead atoms. The topological polar surface area (TPSA) is 124 Å². The van der Waals surface area contributed by atoms with Crippen molar-refractivity contribution in [2.45, 2.75) is 0 Å². The molecule has 0 saturated heterocycles. The molecular weight excluding hydrogens is 200 g/mol. The van der Waals surface area contributed by atoms with Gasteiger partial charge in [-0.1, -0.05) is 0 Å². The molecule has 1 aromatic rings. The van der Waals surface area contributed by atoms with E-state index in [1.165, 1.54) is 31.3 Å². The number of nitrogen functional groups attached to an aromatic ring is 1. The maximum absolute atomic E-state index is 10.1. The van der Waals surface area contributed by atoms with E-state index in [0.717, 1.165) is 0 Å². The Bertz CT molecular complexity index is 336. The lowest BCUT2D eigenvalue weighted by atomic mass is 10.3. The van der Waals surface area contributed by atoms with Gasteiger partial charge in [0, 0.05) is 24.9 Å². The number of carbonyl (C=O) groups excluding carboxylic acids is 1. The number of nitrogens with zero attached hydrogens (tertiary/aromatic N) is 1. The maximum atomic E-state index is 10.1. The first-order chi connectivity index (χ1) is 6.97. The van der Waals surface area contributed by atoms with Gasteiger partial charge in [-0.05, 0) is 12.1 Å². The van der Waals surface area contributed by atoms with Gasteiger partial charge in [0.2, 0.25) is 0 Å². The summed E-state index contributed by atoms with van der Waals surface area (Å²) in [5.41, 5.74) is 10.4. The van der Waals surface area contributed by atoms with Crippen molar-refractivity contribution in [2.24, 2.45) is 5.73 Å². The lowest BCUT2D eigenvalue weighted by Crippen LogP contribution is -2.24. The van der Waals surface area contributed by atoms with E-state index in [0.29, 0.717) is 5.69 Å². The van der Waals surface area contributed by atoms with Crippen LogP contribution in [-0.4, -0.2) is 18.0 Å². The molecule has 0 fully saturated rings. The number of hydrogen-bond donors (Lipinski definition) is 3. The molecule has 2 amide bonds. The van der Waals surface area contributed by atoms with Gasteiger partial charge in [-0.2, -0.15) is 0 Å². The molecular formula is C8H12N4O3. The van der Waals surface area contributed by atoms with Crippen LogP contribution in [0.4, 0.5) is 16.2 Å². The van der Waals surface area contributed by atoms with Crippen molar-refractivity contribution >= 4 is 17.4 Å². The molecule has 7 heteroatoms. The van der Waals surface area contributed by atoms with Crippen molar-refractivity contribution in [2.75, 3.05) is 12.8 Å². The van der Waals surface area contributed by atoms with Gasteiger partial charge in [0.25, 0.3) is 5.69 Å². The Labute approximate surface area is 86.2 Å². The summed E-state index contributed by atoms with van der Waals surface area (Å²) >= 11 is 0. The van der Waals surface area contributed by atoms with Crippen molar-refractivity contribution in [3.8, 4) is 0 Å². The summed E-state index contributed by atoms with van der Waals surface area (Å²) in [6.45, 7) is 0. The SMILES string of the molecule is CNC(N)=O.Nc1ccc([N+](=O)[O-])cc1. The number of amides is 2. The Kier molecular flexibility index (Phi) is 5.24. The van der Waals surface area contributed by atoms with Gasteiger partial charge >= 0.3 is 6.03 Å². The number of urea groups is 1. The fourth-order valence-electron chi connectivity index (χ4n) is 0.596. The van der Waals surface area contributed by atoms with E-state index in [1.54, 1.807) is 0 Å². The molecule has 0 unspecified atom stereocenters. The third kappa shape index (κ3) is 5.86. The van der Waals surface area contributed by atoms with Crippen LogP contribution in [-0.2, 0) is 0 Å².